The van der Waals surface area contributed by atoms with E-state index in [1.807, 2.05) is 0 Å². The SMILES string of the molecule is CO[Si](O)(O)O.CO[Si](O)(O)O. The fraction of sp³-hybridized carbons (Fsp3) is 1.00. The maximum Gasteiger partial charge on any atom is 0.671 e. The maximum absolute atomic E-state index is 7.85. The summed E-state index contributed by atoms with van der Waals surface area (Å²) >= 11 is 0. The van der Waals surface area contributed by atoms with E-state index < -0.39 is 18.1 Å². The van der Waals surface area contributed by atoms with Gasteiger partial charge in [-0.2, -0.15) is 0 Å². The Bertz CT molecular complexity index is 88.6. The molecule has 0 aromatic carbocycles. The molecule has 0 amide bonds. The maximum atomic E-state index is 7.85. The van der Waals surface area contributed by atoms with Crippen LogP contribution in [0.25, 0.3) is 0 Å². The molecule has 0 aliphatic rings. The Morgan fingerprint density at radius 2 is 0.750 bits per heavy atom. The lowest BCUT2D eigenvalue weighted by atomic mass is 11.8. The van der Waals surface area contributed by atoms with Crippen molar-refractivity contribution in [3.8, 4) is 0 Å². The van der Waals surface area contributed by atoms with Crippen LogP contribution < -0.4 is 0 Å². The molecule has 0 aliphatic heterocycles. The lowest BCUT2D eigenvalue weighted by molar-refractivity contribution is 0.0863. The van der Waals surface area contributed by atoms with Gasteiger partial charge >= 0.3 is 18.1 Å². The van der Waals surface area contributed by atoms with E-state index in [-0.39, 0.29) is 0 Å². The largest absolute Gasteiger partial charge is 0.671 e. The minimum Gasteiger partial charge on any atom is -0.368 e. The Labute approximate surface area is 70.9 Å². The third-order valence-electron chi connectivity index (χ3n) is 0.548. The average Bonchev–Trinajstić information content (AvgIpc) is 1.86. The van der Waals surface area contributed by atoms with Gasteiger partial charge in [0.2, 0.25) is 0 Å². The normalized spacial score (nSPS) is 12.0. The first-order valence-corrected chi connectivity index (χ1v) is 6.07. The van der Waals surface area contributed by atoms with Crippen LogP contribution in [0, 0.1) is 0 Å². The zero-order valence-corrected chi connectivity index (χ0v) is 8.50. The summed E-state index contributed by atoms with van der Waals surface area (Å²) < 4.78 is 7.49. The molecule has 0 atom stereocenters. The van der Waals surface area contributed by atoms with Gasteiger partial charge in [0.05, 0.1) is 0 Å². The molecule has 0 unspecified atom stereocenters. The number of hydrogen-bond acceptors (Lipinski definition) is 8. The molecule has 0 radical (unpaired) electrons. The van der Waals surface area contributed by atoms with Crippen LogP contribution in [0.3, 0.4) is 0 Å². The summed E-state index contributed by atoms with van der Waals surface area (Å²) in [4.78, 5) is 47.1. The van der Waals surface area contributed by atoms with Crippen LogP contribution >= 0.6 is 0 Å². The van der Waals surface area contributed by atoms with Gasteiger partial charge in [-0.05, 0) is 0 Å². The highest BCUT2D eigenvalue weighted by molar-refractivity contribution is 6.48. The van der Waals surface area contributed by atoms with Crippen molar-refractivity contribution in [2.45, 2.75) is 0 Å². The molecule has 0 aliphatic carbocycles. The Kier molecular flexibility index (Phi) is 6.96. The highest BCUT2D eigenvalue weighted by atomic mass is 28.4. The van der Waals surface area contributed by atoms with Gasteiger partial charge in [0.1, 0.15) is 0 Å². The van der Waals surface area contributed by atoms with E-state index in [0.717, 1.165) is 14.2 Å². The lowest BCUT2D eigenvalue weighted by Crippen LogP contribution is -2.37. The van der Waals surface area contributed by atoms with Crippen LogP contribution in [0.5, 0.6) is 0 Å². The van der Waals surface area contributed by atoms with Crippen molar-refractivity contribution in [3.63, 3.8) is 0 Å². The molecule has 0 spiro atoms. The van der Waals surface area contributed by atoms with E-state index in [9.17, 15) is 0 Å². The second-order valence-corrected chi connectivity index (χ2v) is 4.67. The molecule has 0 saturated carbocycles. The smallest absolute Gasteiger partial charge is 0.368 e. The van der Waals surface area contributed by atoms with Crippen molar-refractivity contribution in [3.05, 3.63) is 0 Å². The molecule has 0 heterocycles. The van der Waals surface area contributed by atoms with Crippen molar-refractivity contribution < 1.29 is 37.6 Å². The highest BCUT2D eigenvalue weighted by Gasteiger charge is 2.27. The molecular formula is C2H12O8Si2. The van der Waals surface area contributed by atoms with Gasteiger partial charge in [0, 0.05) is 14.2 Å². The predicted molar refractivity (Wildman–Crippen MR) is 38.8 cm³/mol. The quantitative estimate of drug-likeness (QED) is 0.259. The van der Waals surface area contributed by atoms with Gasteiger partial charge in [-0.25, -0.2) is 0 Å². The molecule has 0 aromatic heterocycles. The summed E-state index contributed by atoms with van der Waals surface area (Å²) in [5.74, 6) is 0. The van der Waals surface area contributed by atoms with Crippen LogP contribution in [0.2, 0.25) is 0 Å². The Morgan fingerprint density at radius 1 is 0.667 bits per heavy atom. The zero-order chi connectivity index (χ0) is 10.4. The van der Waals surface area contributed by atoms with Crippen molar-refractivity contribution in [1.82, 2.24) is 0 Å². The van der Waals surface area contributed by atoms with E-state index in [4.69, 9.17) is 28.8 Å². The monoisotopic (exact) mass is 220 g/mol. The molecular weight excluding hydrogens is 208 g/mol. The number of hydrogen-bond donors (Lipinski definition) is 6. The molecule has 0 rings (SSSR count). The van der Waals surface area contributed by atoms with Crippen molar-refractivity contribution in [1.29, 1.82) is 0 Å². The first kappa shape index (κ1) is 14.6. The standard InChI is InChI=1S/2CH6O4Si/c2*1-5-6(2,3)4/h2*2-4H,1H3. The van der Waals surface area contributed by atoms with Gasteiger partial charge < -0.3 is 37.6 Å². The second kappa shape index (κ2) is 5.71. The molecule has 0 fully saturated rings. The van der Waals surface area contributed by atoms with Gasteiger partial charge in [-0.1, -0.05) is 0 Å². The summed E-state index contributed by atoms with van der Waals surface area (Å²) in [6.45, 7) is 0. The fourth-order valence-electron chi connectivity index (χ4n) is 0. The molecule has 0 bridgehead atoms. The van der Waals surface area contributed by atoms with Crippen LogP contribution in [-0.2, 0) is 8.85 Å². The van der Waals surface area contributed by atoms with Crippen molar-refractivity contribution in [2.24, 2.45) is 0 Å². The Hall–Kier alpha value is 0.114. The van der Waals surface area contributed by atoms with E-state index in [0.29, 0.717) is 0 Å². The van der Waals surface area contributed by atoms with Gasteiger partial charge in [-0.3, -0.25) is 0 Å². The number of rotatable bonds is 2. The summed E-state index contributed by atoms with van der Waals surface area (Å²) in [6, 6.07) is 0. The molecule has 10 heteroatoms. The summed E-state index contributed by atoms with van der Waals surface area (Å²) in [6.07, 6.45) is 0. The zero-order valence-electron chi connectivity index (χ0n) is 6.50. The Morgan fingerprint density at radius 3 is 0.750 bits per heavy atom. The third-order valence-corrected chi connectivity index (χ3v) is 1.64. The third kappa shape index (κ3) is 22.5. The van der Waals surface area contributed by atoms with Gasteiger partial charge in [0.15, 0.2) is 0 Å². The average molecular weight is 220 g/mol. The molecule has 8 nitrogen and oxygen atoms in total. The molecule has 12 heavy (non-hydrogen) atoms. The van der Waals surface area contributed by atoms with E-state index >= 15 is 0 Å². The molecule has 0 saturated heterocycles. The van der Waals surface area contributed by atoms with Gasteiger partial charge in [-0.15, -0.1) is 0 Å². The predicted octanol–water partition coefficient (Wildman–Crippen LogP) is -3.91. The fourth-order valence-corrected chi connectivity index (χ4v) is 0. The van der Waals surface area contributed by atoms with E-state index in [1.165, 1.54) is 0 Å². The molecule has 76 valence electrons. The minimum atomic E-state index is -4.13. The van der Waals surface area contributed by atoms with Crippen molar-refractivity contribution >= 4 is 18.1 Å². The molecule has 6 N–H and O–H groups in total. The van der Waals surface area contributed by atoms with E-state index in [2.05, 4.69) is 8.85 Å². The van der Waals surface area contributed by atoms with E-state index in [1.54, 1.807) is 0 Å². The van der Waals surface area contributed by atoms with Crippen LogP contribution in [0.15, 0.2) is 0 Å². The van der Waals surface area contributed by atoms with Crippen molar-refractivity contribution in [2.75, 3.05) is 14.2 Å². The topological polar surface area (TPSA) is 140 Å². The summed E-state index contributed by atoms with van der Waals surface area (Å²) in [5.41, 5.74) is 0. The first-order valence-electron chi connectivity index (χ1n) is 2.57. The van der Waals surface area contributed by atoms with Crippen LogP contribution in [0.4, 0.5) is 0 Å². The Balaban J connectivity index is 0. The summed E-state index contributed by atoms with van der Waals surface area (Å²) in [5, 5.41) is 0. The second-order valence-electron chi connectivity index (χ2n) is 1.56. The summed E-state index contributed by atoms with van der Waals surface area (Å²) in [7, 11) is -6.22. The molecule has 0 aromatic rings. The van der Waals surface area contributed by atoms with Crippen LogP contribution in [-0.4, -0.2) is 61.1 Å². The highest BCUT2D eigenvalue weighted by Crippen LogP contribution is 1.80. The van der Waals surface area contributed by atoms with Gasteiger partial charge in [0.25, 0.3) is 0 Å². The lowest BCUT2D eigenvalue weighted by Gasteiger charge is -2.01. The first-order chi connectivity index (χ1) is 5.12. The minimum absolute atomic E-state index is 1.02. The van der Waals surface area contributed by atoms with Crippen LogP contribution in [0.1, 0.15) is 0 Å².